The van der Waals surface area contributed by atoms with Gasteiger partial charge in [-0.2, -0.15) is 0 Å². The Labute approximate surface area is 156 Å². The molecule has 2 bridgehead atoms. The molecule has 1 saturated heterocycles. The third-order valence-electron chi connectivity index (χ3n) is 5.38. The van der Waals surface area contributed by atoms with Crippen molar-refractivity contribution in [1.82, 2.24) is 15.2 Å². The molecule has 1 N–H and O–H groups in total. The third kappa shape index (κ3) is 3.25. The molecule has 27 heavy (non-hydrogen) atoms. The van der Waals surface area contributed by atoms with Crippen molar-refractivity contribution in [3.05, 3.63) is 59.7 Å². The number of methoxy groups -OCH3 is 1. The zero-order chi connectivity index (χ0) is 19.0. The van der Waals surface area contributed by atoms with E-state index in [2.05, 4.69) is 10.3 Å². The van der Waals surface area contributed by atoms with Crippen molar-refractivity contribution in [2.45, 2.75) is 24.9 Å². The van der Waals surface area contributed by atoms with Crippen LogP contribution < -0.4 is 10.1 Å². The first kappa shape index (κ1) is 17.5. The number of carbonyl (C=O) groups excluding carboxylic acids is 2. The van der Waals surface area contributed by atoms with E-state index in [4.69, 9.17) is 4.74 Å². The number of benzene rings is 1. The highest BCUT2D eigenvalue weighted by molar-refractivity contribution is 5.96. The predicted octanol–water partition coefficient (Wildman–Crippen LogP) is 2.26. The second kappa shape index (κ2) is 6.98. The minimum absolute atomic E-state index is 0.0757. The molecule has 2 fully saturated rings. The third-order valence-corrected chi connectivity index (χ3v) is 5.38. The number of rotatable bonds is 4. The number of amides is 2. The van der Waals surface area contributed by atoms with Crippen LogP contribution >= 0.6 is 0 Å². The van der Waals surface area contributed by atoms with E-state index in [1.54, 1.807) is 29.3 Å². The van der Waals surface area contributed by atoms with Crippen molar-refractivity contribution in [1.29, 1.82) is 0 Å². The van der Waals surface area contributed by atoms with Gasteiger partial charge in [0.2, 0.25) is 0 Å². The standard InChI is InChI=1S/C20H20FN3O3/c1-27-18-5-4-13(9-15(18)21)20(26)24-11-12-7-16(17(24)8-12)23-19(25)14-3-2-6-22-10-14/h2-6,9-10,12,16-17H,7-8,11H2,1H3,(H,23,25). The fourth-order valence-electron chi connectivity index (χ4n) is 4.13. The van der Waals surface area contributed by atoms with Crippen LogP contribution in [0, 0.1) is 11.7 Å². The molecule has 3 atom stereocenters. The Morgan fingerprint density at radius 1 is 1.26 bits per heavy atom. The van der Waals surface area contributed by atoms with E-state index in [1.807, 2.05) is 0 Å². The van der Waals surface area contributed by atoms with Crippen LogP contribution in [-0.4, -0.2) is 47.4 Å². The zero-order valence-corrected chi connectivity index (χ0v) is 14.9. The van der Waals surface area contributed by atoms with E-state index >= 15 is 0 Å². The fourth-order valence-corrected chi connectivity index (χ4v) is 4.13. The average molecular weight is 369 g/mol. The van der Waals surface area contributed by atoms with Gasteiger partial charge < -0.3 is 15.0 Å². The maximum atomic E-state index is 14.0. The van der Waals surface area contributed by atoms with Gasteiger partial charge in [0, 0.05) is 30.5 Å². The van der Waals surface area contributed by atoms with Gasteiger partial charge in [-0.3, -0.25) is 14.6 Å². The molecule has 1 aromatic heterocycles. The Morgan fingerprint density at radius 3 is 2.78 bits per heavy atom. The quantitative estimate of drug-likeness (QED) is 0.897. The summed E-state index contributed by atoms with van der Waals surface area (Å²) < 4.78 is 18.9. The van der Waals surface area contributed by atoms with Gasteiger partial charge in [-0.15, -0.1) is 0 Å². The topological polar surface area (TPSA) is 71.5 Å². The average Bonchev–Trinajstić information content (AvgIpc) is 3.28. The number of carbonyl (C=O) groups is 2. The van der Waals surface area contributed by atoms with Gasteiger partial charge in [0.05, 0.1) is 18.7 Å². The normalized spacial score (nSPS) is 23.3. The lowest BCUT2D eigenvalue weighted by Gasteiger charge is -2.33. The molecule has 3 unspecified atom stereocenters. The van der Waals surface area contributed by atoms with Crippen molar-refractivity contribution in [3.63, 3.8) is 0 Å². The van der Waals surface area contributed by atoms with Gasteiger partial charge in [0.1, 0.15) is 0 Å². The number of piperidine rings is 1. The van der Waals surface area contributed by atoms with Crippen molar-refractivity contribution >= 4 is 11.8 Å². The summed E-state index contributed by atoms with van der Waals surface area (Å²) in [6, 6.07) is 7.47. The number of halogens is 1. The molecule has 140 valence electrons. The highest BCUT2D eigenvalue weighted by atomic mass is 19.1. The summed E-state index contributed by atoms with van der Waals surface area (Å²) in [5.41, 5.74) is 0.786. The van der Waals surface area contributed by atoms with Crippen molar-refractivity contribution < 1.29 is 18.7 Å². The van der Waals surface area contributed by atoms with Crippen molar-refractivity contribution in [2.24, 2.45) is 5.92 Å². The minimum Gasteiger partial charge on any atom is -0.494 e. The smallest absolute Gasteiger partial charge is 0.254 e. The highest BCUT2D eigenvalue weighted by Crippen LogP contribution is 2.39. The van der Waals surface area contributed by atoms with Crippen LogP contribution in [0.3, 0.4) is 0 Å². The van der Waals surface area contributed by atoms with E-state index in [0.717, 1.165) is 12.8 Å². The van der Waals surface area contributed by atoms with Crippen molar-refractivity contribution in [3.8, 4) is 5.75 Å². The Kier molecular flexibility index (Phi) is 4.51. The molecular weight excluding hydrogens is 349 g/mol. The predicted molar refractivity (Wildman–Crippen MR) is 96.0 cm³/mol. The van der Waals surface area contributed by atoms with Gasteiger partial charge >= 0.3 is 0 Å². The number of aromatic nitrogens is 1. The van der Waals surface area contributed by atoms with Crippen LogP contribution in [0.4, 0.5) is 4.39 Å². The summed E-state index contributed by atoms with van der Waals surface area (Å²) in [4.78, 5) is 31.0. The lowest BCUT2D eigenvalue weighted by Crippen LogP contribution is -2.52. The van der Waals surface area contributed by atoms with Crippen LogP contribution in [0.2, 0.25) is 0 Å². The van der Waals surface area contributed by atoms with Crippen LogP contribution in [-0.2, 0) is 0 Å². The summed E-state index contributed by atoms with van der Waals surface area (Å²) in [5.74, 6) is -0.514. The van der Waals surface area contributed by atoms with Gasteiger partial charge in [0.15, 0.2) is 11.6 Å². The zero-order valence-electron chi connectivity index (χ0n) is 14.9. The van der Waals surface area contributed by atoms with Gasteiger partial charge in [-0.05, 0) is 49.1 Å². The lowest BCUT2D eigenvalue weighted by molar-refractivity contribution is 0.0648. The van der Waals surface area contributed by atoms with Crippen LogP contribution in [0.5, 0.6) is 5.75 Å². The Bertz CT molecular complexity index is 874. The second-order valence-electron chi connectivity index (χ2n) is 7.03. The highest BCUT2D eigenvalue weighted by Gasteiger charge is 2.47. The van der Waals surface area contributed by atoms with E-state index in [9.17, 15) is 14.0 Å². The first-order valence-electron chi connectivity index (χ1n) is 8.92. The molecule has 2 aliphatic rings. The van der Waals surface area contributed by atoms with E-state index in [1.165, 1.54) is 25.4 Å². The molecule has 0 radical (unpaired) electrons. The molecule has 0 spiro atoms. The molecule has 6 nitrogen and oxygen atoms in total. The number of ether oxygens (including phenoxy) is 1. The molecular formula is C20H20FN3O3. The molecule has 1 aliphatic heterocycles. The maximum absolute atomic E-state index is 14.0. The minimum atomic E-state index is -0.561. The van der Waals surface area contributed by atoms with Crippen LogP contribution in [0.15, 0.2) is 42.7 Å². The lowest BCUT2D eigenvalue weighted by atomic mass is 10.0. The van der Waals surface area contributed by atoms with E-state index < -0.39 is 5.82 Å². The molecule has 1 aromatic carbocycles. The van der Waals surface area contributed by atoms with Gasteiger partial charge in [0.25, 0.3) is 11.8 Å². The Morgan fingerprint density at radius 2 is 2.11 bits per heavy atom. The molecule has 2 heterocycles. The van der Waals surface area contributed by atoms with E-state index in [0.29, 0.717) is 18.0 Å². The summed E-state index contributed by atoms with van der Waals surface area (Å²) in [6.45, 7) is 0.635. The second-order valence-corrected chi connectivity index (χ2v) is 7.03. The molecule has 2 aromatic rings. The van der Waals surface area contributed by atoms with Gasteiger partial charge in [-0.25, -0.2) is 4.39 Å². The van der Waals surface area contributed by atoms with E-state index in [-0.39, 0.29) is 35.2 Å². The SMILES string of the molecule is COc1ccc(C(=O)N2CC3CC(NC(=O)c4cccnc4)C2C3)cc1F. The first-order chi connectivity index (χ1) is 13.1. The number of nitrogens with one attached hydrogen (secondary N) is 1. The molecule has 7 heteroatoms. The van der Waals surface area contributed by atoms with Crippen molar-refractivity contribution in [2.75, 3.05) is 13.7 Å². The number of likely N-dealkylation sites (tertiary alicyclic amines) is 1. The largest absolute Gasteiger partial charge is 0.494 e. The fraction of sp³-hybridized carbons (Fsp3) is 0.350. The molecule has 1 saturated carbocycles. The summed E-state index contributed by atoms with van der Waals surface area (Å²) in [5, 5.41) is 3.03. The number of fused-ring (bicyclic) bond motifs is 2. The van der Waals surface area contributed by atoms with Crippen LogP contribution in [0.1, 0.15) is 33.6 Å². The molecule has 2 amide bonds. The molecule has 1 aliphatic carbocycles. The first-order valence-corrected chi connectivity index (χ1v) is 8.92. The molecule has 4 rings (SSSR count). The number of nitrogens with zero attached hydrogens (tertiary/aromatic N) is 2. The summed E-state index contributed by atoms with van der Waals surface area (Å²) >= 11 is 0. The van der Waals surface area contributed by atoms with Crippen LogP contribution in [0.25, 0.3) is 0 Å². The Hall–Kier alpha value is -2.96. The monoisotopic (exact) mass is 369 g/mol. The number of pyridine rings is 1. The number of hydrogen-bond donors (Lipinski definition) is 1. The Balaban J connectivity index is 1.48. The maximum Gasteiger partial charge on any atom is 0.254 e. The van der Waals surface area contributed by atoms with Gasteiger partial charge in [-0.1, -0.05) is 0 Å². The summed E-state index contributed by atoms with van der Waals surface area (Å²) in [6.07, 6.45) is 4.83. The summed E-state index contributed by atoms with van der Waals surface area (Å²) in [7, 11) is 1.38. The number of hydrogen-bond acceptors (Lipinski definition) is 4.